The van der Waals surface area contributed by atoms with Gasteiger partial charge in [0, 0.05) is 10.0 Å². The number of aromatic nitrogens is 4. The van der Waals surface area contributed by atoms with Crippen molar-refractivity contribution in [1.82, 2.24) is 25.9 Å². The second-order valence-electron chi connectivity index (χ2n) is 3.62. The first-order valence-corrected chi connectivity index (χ1v) is 5.86. The molecular weight excluding hydrogens is 305 g/mol. The van der Waals surface area contributed by atoms with Gasteiger partial charge in [0.1, 0.15) is 5.82 Å². The van der Waals surface area contributed by atoms with E-state index in [1.807, 2.05) is 0 Å². The lowest BCUT2D eigenvalue weighted by atomic mass is 10.2. The Hall–Kier alpha value is -1.83. The van der Waals surface area contributed by atoms with E-state index < -0.39 is 17.8 Å². The molecule has 0 saturated carbocycles. The van der Waals surface area contributed by atoms with Crippen molar-refractivity contribution in [2.75, 3.05) is 0 Å². The smallest absolute Gasteiger partial charge is 0.252 e. The SMILES string of the molecule is CC(NC(=O)c1cc(F)cc(Br)c1)c1nn[nH]n1. The molecular formula is C10H9BrFN5O. The van der Waals surface area contributed by atoms with Crippen molar-refractivity contribution in [1.29, 1.82) is 0 Å². The third kappa shape index (κ3) is 2.89. The third-order valence-electron chi connectivity index (χ3n) is 2.22. The van der Waals surface area contributed by atoms with Crippen molar-refractivity contribution in [2.45, 2.75) is 13.0 Å². The minimum atomic E-state index is -0.485. The molecule has 0 spiro atoms. The molecule has 2 rings (SSSR count). The van der Waals surface area contributed by atoms with Gasteiger partial charge < -0.3 is 5.32 Å². The van der Waals surface area contributed by atoms with Crippen LogP contribution < -0.4 is 5.32 Å². The zero-order valence-electron chi connectivity index (χ0n) is 9.32. The average molecular weight is 314 g/mol. The van der Waals surface area contributed by atoms with Crippen LogP contribution in [0.2, 0.25) is 0 Å². The van der Waals surface area contributed by atoms with Crippen molar-refractivity contribution in [3.8, 4) is 0 Å². The zero-order valence-corrected chi connectivity index (χ0v) is 10.9. The van der Waals surface area contributed by atoms with Gasteiger partial charge in [0.25, 0.3) is 5.91 Å². The number of amides is 1. The number of nitrogens with zero attached hydrogens (tertiary/aromatic N) is 3. The van der Waals surface area contributed by atoms with Gasteiger partial charge in [-0.15, -0.1) is 10.2 Å². The lowest BCUT2D eigenvalue weighted by molar-refractivity contribution is 0.0937. The summed E-state index contributed by atoms with van der Waals surface area (Å²) in [7, 11) is 0. The van der Waals surface area contributed by atoms with E-state index >= 15 is 0 Å². The second-order valence-corrected chi connectivity index (χ2v) is 4.54. The van der Waals surface area contributed by atoms with Gasteiger partial charge in [-0.3, -0.25) is 4.79 Å². The lowest BCUT2D eigenvalue weighted by Crippen LogP contribution is -2.27. The van der Waals surface area contributed by atoms with Crippen molar-refractivity contribution >= 4 is 21.8 Å². The van der Waals surface area contributed by atoms with Crippen LogP contribution in [0.3, 0.4) is 0 Å². The predicted molar refractivity (Wildman–Crippen MR) is 64.2 cm³/mol. The number of hydrogen-bond acceptors (Lipinski definition) is 4. The number of H-pyrrole nitrogens is 1. The molecule has 94 valence electrons. The number of tetrazole rings is 1. The first-order valence-electron chi connectivity index (χ1n) is 5.06. The van der Waals surface area contributed by atoms with Crippen molar-refractivity contribution in [3.05, 3.63) is 39.9 Å². The van der Waals surface area contributed by atoms with E-state index in [0.717, 1.165) is 6.07 Å². The number of hydrogen-bond donors (Lipinski definition) is 2. The van der Waals surface area contributed by atoms with E-state index in [4.69, 9.17) is 0 Å². The lowest BCUT2D eigenvalue weighted by Gasteiger charge is -2.10. The van der Waals surface area contributed by atoms with E-state index in [1.165, 1.54) is 12.1 Å². The first kappa shape index (κ1) is 12.6. The maximum absolute atomic E-state index is 13.1. The highest BCUT2D eigenvalue weighted by molar-refractivity contribution is 9.10. The molecule has 0 saturated heterocycles. The van der Waals surface area contributed by atoms with Crippen molar-refractivity contribution in [3.63, 3.8) is 0 Å². The molecule has 0 aliphatic rings. The molecule has 2 N–H and O–H groups in total. The van der Waals surface area contributed by atoms with E-state index in [9.17, 15) is 9.18 Å². The monoisotopic (exact) mass is 313 g/mol. The number of benzene rings is 1. The zero-order chi connectivity index (χ0) is 13.1. The minimum Gasteiger partial charge on any atom is -0.342 e. The quantitative estimate of drug-likeness (QED) is 0.901. The van der Waals surface area contributed by atoms with E-state index in [2.05, 4.69) is 41.9 Å². The van der Waals surface area contributed by atoms with Crippen LogP contribution in [0.1, 0.15) is 29.1 Å². The van der Waals surface area contributed by atoms with Crippen LogP contribution in [0.25, 0.3) is 0 Å². The molecule has 6 nitrogen and oxygen atoms in total. The molecule has 0 aliphatic heterocycles. The highest BCUT2D eigenvalue weighted by Crippen LogP contribution is 2.15. The maximum Gasteiger partial charge on any atom is 0.252 e. The molecule has 0 radical (unpaired) electrons. The van der Waals surface area contributed by atoms with Gasteiger partial charge in [0.15, 0.2) is 5.82 Å². The molecule has 2 aromatic rings. The summed E-state index contributed by atoms with van der Waals surface area (Å²) < 4.78 is 13.6. The fourth-order valence-corrected chi connectivity index (χ4v) is 1.85. The number of carbonyl (C=O) groups is 1. The summed E-state index contributed by atoms with van der Waals surface area (Å²) in [5.41, 5.74) is 0.220. The van der Waals surface area contributed by atoms with Crippen LogP contribution in [0.15, 0.2) is 22.7 Å². The van der Waals surface area contributed by atoms with Crippen LogP contribution >= 0.6 is 15.9 Å². The molecule has 0 bridgehead atoms. The van der Waals surface area contributed by atoms with E-state index in [0.29, 0.717) is 10.3 Å². The van der Waals surface area contributed by atoms with E-state index in [-0.39, 0.29) is 5.56 Å². The second kappa shape index (κ2) is 5.21. The molecule has 0 fully saturated rings. The number of halogens is 2. The highest BCUT2D eigenvalue weighted by atomic mass is 79.9. The van der Waals surface area contributed by atoms with Gasteiger partial charge in [0.2, 0.25) is 0 Å². The van der Waals surface area contributed by atoms with E-state index in [1.54, 1.807) is 6.92 Å². The average Bonchev–Trinajstić information content (AvgIpc) is 2.80. The van der Waals surface area contributed by atoms with Gasteiger partial charge in [-0.25, -0.2) is 4.39 Å². The largest absolute Gasteiger partial charge is 0.342 e. The maximum atomic E-state index is 13.1. The third-order valence-corrected chi connectivity index (χ3v) is 2.68. The molecule has 1 heterocycles. The summed E-state index contributed by atoms with van der Waals surface area (Å²) in [4.78, 5) is 11.9. The molecule has 1 aromatic heterocycles. The number of nitrogens with one attached hydrogen (secondary N) is 2. The fourth-order valence-electron chi connectivity index (χ4n) is 1.38. The van der Waals surface area contributed by atoms with Gasteiger partial charge in [-0.2, -0.15) is 5.21 Å². The Morgan fingerprint density at radius 1 is 1.50 bits per heavy atom. The Morgan fingerprint density at radius 3 is 2.89 bits per heavy atom. The topological polar surface area (TPSA) is 83.6 Å². The standard InChI is InChI=1S/C10H9BrFN5O/c1-5(9-14-16-17-15-9)13-10(18)6-2-7(11)4-8(12)3-6/h2-5H,1H3,(H,13,18)(H,14,15,16,17). The van der Waals surface area contributed by atoms with Crippen molar-refractivity contribution < 1.29 is 9.18 Å². The van der Waals surface area contributed by atoms with Crippen LogP contribution in [0.5, 0.6) is 0 Å². The number of aromatic amines is 1. The summed E-state index contributed by atoms with van der Waals surface area (Å²) in [6, 6.07) is 3.54. The molecule has 0 aliphatic carbocycles. The summed E-state index contributed by atoms with van der Waals surface area (Å²) in [6.07, 6.45) is 0. The van der Waals surface area contributed by atoms with Gasteiger partial charge in [0.05, 0.1) is 6.04 Å². The molecule has 1 atom stereocenters. The summed E-state index contributed by atoms with van der Waals surface area (Å²) in [6.45, 7) is 1.71. The first-order chi connectivity index (χ1) is 8.56. The summed E-state index contributed by atoms with van der Waals surface area (Å²) >= 11 is 3.13. The van der Waals surface area contributed by atoms with Crippen LogP contribution in [0.4, 0.5) is 4.39 Å². The minimum absolute atomic E-state index is 0.220. The molecule has 1 aromatic carbocycles. The molecule has 1 unspecified atom stereocenters. The predicted octanol–water partition coefficient (Wildman–Crippen LogP) is 1.59. The number of rotatable bonds is 3. The number of carbonyl (C=O) groups excluding carboxylic acids is 1. The molecule has 8 heteroatoms. The van der Waals surface area contributed by atoms with Gasteiger partial charge >= 0.3 is 0 Å². The van der Waals surface area contributed by atoms with Gasteiger partial charge in [-0.1, -0.05) is 21.1 Å². The Morgan fingerprint density at radius 2 is 2.28 bits per heavy atom. The van der Waals surface area contributed by atoms with Crippen LogP contribution in [-0.4, -0.2) is 26.5 Å². The van der Waals surface area contributed by atoms with Gasteiger partial charge in [-0.05, 0) is 25.1 Å². The summed E-state index contributed by atoms with van der Waals surface area (Å²) in [5, 5.41) is 15.8. The fraction of sp³-hybridized carbons (Fsp3) is 0.200. The normalized spacial score (nSPS) is 12.2. The Kier molecular flexibility index (Phi) is 3.66. The highest BCUT2D eigenvalue weighted by Gasteiger charge is 2.15. The summed E-state index contributed by atoms with van der Waals surface area (Å²) in [5.74, 6) is -0.534. The Bertz CT molecular complexity index is 539. The Labute approximate surface area is 110 Å². The Balaban J connectivity index is 2.12. The molecule has 18 heavy (non-hydrogen) atoms. The van der Waals surface area contributed by atoms with Crippen LogP contribution in [-0.2, 0) is 0 Å². The molecule has 1 amide bonds. The van der Waals surface area contributed by atoms with Crippen LogP contribution in [0, 0.1) is 5.82 Å². The van der Waals surface area contributed by atoms with Crippen molar-refractivity contribution in [2.24, 2.45) is 0 Å².